The van der Waals surface area contributed by atoms with Gasteiger partial charge in [-0.1, -0.05) is 36.8 Å². The zero-order chi connectivity index (χ0) is 20.8. The lowest BCUT2D eigenvalue weighted by Gasteiger charge is -2.22. The molecule has 0 spiro atoms. The molecule has 0 fully saturated rings. The molecule has 5 nitrogen and oxygen atoms in total. The summed E-state index contributed by atoms with van der Waals surface area (Å²) < 4.78 is 19.1. The summed E-state index contributed by atoms with van der Waals surface area (Å²) in [6.07, 6.45) is -2.63. The van der Waals surface area contributed by atoms with Gasteiger partial charge in [-0.05, 0) is 37.1 Å². The largest absolute Gasteiger partial charge is 0.490 e. The number of aliphatic hydroxyl groups is 2. The molecule has 0 bridgehead atoms. The van der Waals surface area contributed by atoms with E-state index < -0.39 is 24.6 Å². The van der Waals surface area contributed by atoms with Crippen LogP contribution in [0.25, 0.3) is 0 Å². The summed E-state index contributed by atoms with van der Waals surface area (Å²) >= 11 is 0. The monoisotopic (exact) mass is 390 g/mol. The molecule has 3 N–H and O–H groups in total. The Labute approximate surface area is 164 Å². The third-order valence-corrected chi connectivity index (χ3v) is 4.66. The zero-order valence-electron chi connectivity index (χ0n) is 16.4. The molecule has 2 rings (SSSR count). The van der Waals surface area contributed by atoms with Crippen LogP contribution < -0.4 is 4.74 Å². The number of aryl methyl sites for hydroxylation is 2. The van der Waals surface area contributed by atoms with Crippen molar-refractivity contribution in [3.05, 3.63) is 64.5 Å². The van der Waals surface area contributed by atoms with Gasteiger partial charge in [0.25, 0.3) is 0 Å². The van der Waals surface area contributed by atoms with Crippen LogP contribution >= 0.6 is 0 Å². The number of carboxylic acids is 1. The van der Waals surface area contributed by atoms with Crippen molar-refractivity contribution in [2.45, 2.75) is 51.7 Å². The van der Waals surface area contributed by atoms with Crippen molar-refractivity contribution in [3.63, 3.8) is 0 Å². The molecule has 152 valence electrons. The summed E-state index contributed by atoms with van der Waals surface area (Å²) in [4.78, 5) is 10.6. The van der Waals surface area contributed by atoms with Crippen molar-refractivity contribution >= 4 is 5.97 Å². The molecule has 0 amide bonds. The second-order valence-corrected chi connectivity index (χ2v) is 7.23. The predicted octanol–water partition coefficient (Wildman–Crippen LogP) is 3.56. The Kier molecular flexibility index (Phi) is 7.54. The molecule has 2 aromatic carbocycles. The highest BCUT2D eigenvalue weighted by Crippen LogP contribution is 2.35. The maximum absolute atomic E-state index is 13.2. The van der Waals surface area contributed by atoms with Crippen molar-refractivity contribution in [2.24, 2.45) is 0 Å². The highest BCUT2D eigenvalue weighted by molar-refractivity contribution is 5.67. The maximum atomic E-state index is 13.2. The van der Waals surface area contributed by atoms with Gasteiger partial charge >= 0.3 is 5.97 Å². The Morgan fingerprint density at radius 2 is 1.75 bits per heavy atom. The number of carbonyl (C=O) groups is 1. The summed E-state index contributed by atoms with van der Waals surface area (Å²) in [5.41, 5.74) is 3.82. The van der Waals surface area contributed by atoms with E-state index in [0.717, 1.165) is 22.3 Å². The molecule has 0 aliphatic heterocycles. The lowest BCUT2D eigenvalue weighted by molar-refractivity contribution is -0.139. The van der Waals surface area contributed by atoms with E-state index in [1.54, 1.807) is 12.1 Å². The van der Waals surface area contributed by atoms with Gasteiger partial charge in [-0.2, -0.15) is 0 Å². The number of aliphatic carboxylic acids is 1. The summed E-state index contributed by atoms with van der Waals surface area (Å²) in [7, 11) is 0. The number of hydrogen-bond donors (Lipinski definition) is 3. The highest BCUT2D eigenvalue weighted by atomic mass is 19.1. The number of ether oxygens (including phenoxy) is 1. The standard InChI is InChI=1S/C22H27FO5/c1-13-8-14(2)22(28-12-19(25)10-18(24)11-21(26)27)20(9-13)15(3)16-4-6-17(23)7-5-16/h4-9,15,18-19,24-25H,10-12H2,1-3H3,(H,26,27)/t15?,18-,19?/m1/s1. The van der Waals surface area contributed by atoms with Crippen LogP contribution in [-0.4, -0.2) is 40.1 Å². The fraction of sp³-hybridized carbons (Fsp3) is 0.409. The Hall–Kier alpha value is -2.44. The highest BCUT2D eigenvalue weighted by Gasteiger charge is 2.20. The fourth-order valence-corrected chi connectivity index (χ4v) is 3.28. The van der Waals surface area contributed by atoms with Gasteiger partial charge in [0.2, 0.25) is 0 Å². The second-order valence-electron chi connectivity index (χ2n) is 7.23. The average molecular weight is 390 g/mol. The van der Waals surface area contributed by atoms with Crippen LogP contribution in [0.1, 0.15) is 47.9 Å². The third-order valence-electron chi connectivity index (χ3n) is 4.66. The van der Waals surface area contributed by atoms with Crippen molar-refractivity contribution < 1.29 is 29.2 Å². The Balaban J connectivity index is 2.17. The first-order chi connectivity index (χ1) is 13.2. The fourth-order valence-electron chi connectivity index (χ4n) is 3.28. The lowest BCUT2D eigenvalue weighted by atomic mass is 9.90. The summed E-state index contributed by atoms with van der Waals surface area (Å²) in [5, 5.41) is 28.5. The summed E-state index contributed by atoms with van der Waals surface area (Å²) in [5.74, 6) is -0.834. The van der Waals surface area contributed by atoms with Crippen LogP contribution in [0.3, 0.4) is 0 Å². The summed E-state index contributed by atoms with van der Waals surface area (Å²) in [6.45, 7) is 5.83. The van der Waals surface area contributed by atoms with Crippen LogP contribution in [0.5, 0.6) is 5.75 Å². The van der Waals surface area contributed by atoms with E-state index >= 15 is 0 Å². The molecule has 0 saturated carbocycles. The molecular formula is C22H27FO5. The molecule has 0 heterocycles. The minimum Gasteiger partial charge on any atom is -0.490 e. The van der Waals surface area contributed by atoms with Gasteiger partial charge in [0.05, 0.1) is 18.6 Å². The normalized spacial score (nSPS) is 14.4. The Morgan fingerprint density at radius 3 is 2.36 bits per heavy atom. The summed E-state index contributed by atoms with van der Waals surface area (Å²) in [6, 6.07) is 10.3. The van der Waals surface area contributed by atoms with Gasteiger partial charge in [0.1, 0.15) is 18.2 Å². The van der Waals surface area contributed by atoms with E-state index in [4.69, 9.17) is 9.84 Å². The van der Waals surface area contributed by atoms with Crippen LogP contribution in [-0.2, 0) is 4.79 Å². The molecule has 0 aliphatic carbocycles. The average Bonchev–Trinajstić information content (AvgIpc) is 2.59. The van der Waals surface area contributed by atoms with Crippen molar-refractivity contribution in [2.75, 3.05) is 6.61 Å². The van der Waals surface area contributed by atoms with Crippen LogP contribution in [0.4, 0.5) is 4.39 Å². The number of carboxylic acid groups (broad SMARTS) is 1. The molecule has 0 aromatic heterocycles. The minimum atomic E-state index is -1.13. The van der Waals surface area contributed by atoms with Crippen molar-refractivity contribution in [3.8, 4) is 5.75 Å². The first-order valence-corrected chi connectivity index (χ1v) is 9.24. The van der Waals surface area contributed by atoms with Crippen molar-refractivity contribution in [1.82, 2.24) is 0 Å². The van der Waals surface area contributed by atoms with E-state index in [1.165, 1.54) is 12.1 Å². The lowest BCUT2D eigenvalue weighted by Crippen LogP contribution is -2.26. The molecule has 2 aromatic rings. The van der Waals surface area contributed by atoms with Gasteiger partial charge in [-0.15, -0.1) is 0 Å². The number of benzene rings is 2. The van der Waals surface area contributed by atoms with Crippen LogP contribution in [0.15, 0.2) is 36.4 Å². The van der Waals surface area contributed by atoms with Crippen molar-refractivity contribution in [1.29, 1.82) is 0 Å². The molecule has 6 heteroatoms. The molecule has 0 saturated heterocycles. The van der Waals surface area contributed by atoms with E-state index in [0.29, 0.717) is 5.75 Å². The molecule has 2 unspecified atom stereocenters. The van der Waals surface area contributed by atoms with E-state index in [-0.39, 0.29) is 24.8 Å². The van der Waals surface area contributed by atoms with Gasteiger partial charge in [-0.3, -0.25) is 4.79 Å². The van der Waals surface area contributed by atoms with Gasteiger partial charge in [0, 0.05) is 17.9 Å². The Morgan fingerprint density at radius 1 is 1.11 bits per heavy atom. The van der Waals surface area contributed by atoms with Crippen LogP contribution in [0.2, 0.25) is 0 Å². The van der Waals surface area contributed by atoms with E-state index in [2.05, 4.69) is 0 Å². The number of rotatable bonds is 9. The first-order valence-electron chi connectivity index (χ1n) is 9.24. The van der Waals surface area contributed by atoms with E-state index in [9.17, 15) is 19.4 Å². The SMILES string of the molecule is Cc1cc(C)c(OCC(O)C[C@@H](O)CC(=O)O)c(C(C)c2ccc(F)cc2)c1. The van der Waals surface area contributed by atoms with Gasteiger partial charge < -0.3 is 20.1 Å². The van der Waals surface area contributed by atoms with Crippen LogP contribution in [0, 0.1) is 19.7 Å². The number of halogens is 1. The quantitative estimate of drug-likeness (QED) is 0.609. The molecule has 0 aliphatic rings. The Bertz CT molecular complexity index is 803. The molecule has 0 radical (unpaired) electrons. The smallest absolute Gasteiger partial charge is 0.305 e. The predicted molar refractivity (Wildman–Crippen MR) is 104 cm³/mol. The first kappa shape index (κ1) is 21.9. The second kappa shape index (κ2) is 9.66. The van der Waals surface area contributed by atoms with E-state index in [1.807, 2.05) is 32.9 Å². The van der Waals surface area contributed by atoms with Gasteiger partial charge in [-0.25, -0.2) is 4.39 Å². The molecule has 28 heavy (non-hydrogen) atoms. The maximum Gasteiger partial charge on any atom is 0.305 e. The number of hydrogen-bond acceptors (Lipinski definition) is 4. The van der Waals surface area contributed by atoms with Gasteiger partial charge in [0.15, 0.2) is 0 Å². The molecular weight excluding hydrogens is 363 g/mol. The minimum absolute atomic E-state index is 0.0519. The third kappa shape index (κ3) is 6.04. The zero-order valence-corrected chi connectivity index (χ0v) is 16.4. The number of aliphatic hydroxyl groups excluding tert-OH is 2. The molecule has 3 atom stereocenters. The topological polar surface area (TPSA) is 87.0 Å².